The Labute approximate surface area is 203 Å². The summed E-state index contributed by atoms with van der Waals surface area (Å²) in [6.45, 7) is 7.53. The van der Waals surface area contributed by atoms with Gasteiger partial charge in [0.2, 0.25) is 5.91 Å². The highest BCUT2D eigenvalue weighted by Crippen LogP contribution is 2.34. The number of carbonyl (C=O) groups is 3. The number of nitrogens with one attached hydrogen (secondary N) is 1. The smallest absolute Gasteiger partial charge is 0.348 e. The maximum Gasteiger partial charge on any atom is 0.348 e. The van der Waals surface area contributed by atoms with Gasteiger partial charge in [0.25, 0.3) is 0 Å². The summed E-state index contributed by atoms with van der Waals surface area (Å²) in [6.07, 6.45) is 1.45. The Balaban J connectivity index is 2.16. The molecule has 0 aliphatic heterocycles. The van der Waals surface area contributed by atoms with Crippen molar-refractivity contribution in [1.82, 2.24) is 4.90 Å². The molecule has 0 saturated heterocycles. The number of rotatable bonds is 12. The van der Waals surface area contributed by atoms with Crippen LogP contribution in [0.25, 0.3) is 0 Å². The van der Waals surface area contributed by atoms with Crippen molar-refractivity contribution in [3.05, 3.63) is 52.4 Å². The van der Waals surface area contributed by atoms with Gasteiger partial charge in [-0.3, -0.25) is 9.69 Å². The third-order valence-electron chi connectivity index (χ3n) is 4.71. The molecular formula is C24H30N2O7S. The number of likely N-dealkylation sites (N-methyl/N-ethyl adjacent to an activating group) is 1. The Morgan fingerprint density at radius 2 is 1.82 bits per heavy atom. The molecule has 1 aromatic carbocycles. The van der Waals surface area contributed by atoms with Gasteiger partial charge in [-0.15, -0.1) is 11.3 Å². The molecule has 0 unspecified atom stereocenters. The largest absolute Gasteiger partial charge is 0.493 e. The summed E-state index contributed by atoms with van der Waals surface area (Å²) in [5.74, 6) is -0.344. The van der Waals surface area contributed by atoms with Crippen LogP contribution in [0.2, 0.25) is 0 Å². The summed E-state index contributed by atoms with van der Waals surface area (Å²) in [7, 11) is 4.92. The van der Waals surface area contributed by atoms with Gasteiger partial charge in [-0.1, -0.05) is 18.7 Å². The molecule has 10 heteroatoms. The molecule has 1 aromatic heterocycles. The Morgan fingerprint density at radius 1 is 1.12 bits per heavy atom. The van der Waals surface area contributed by atoms with Crippen molar-refractivity contribution < 1.29 is 33.3 Å². The predicted molar refractivity (Wildman–Crippen MR) is 130 cm³/mol. The number of esters is 2. The lowest BCUT2D eigenvalue weighted by atomic mass is 10.1. The maximum absolute atomic E-state index is 12.8. The van der Waals surface area contributed by atoms with Crippen LogP contribution in [0.4, 0.5) is 5.00 Å². The Hall–Kier alpha value is -3.37. The molecule has 0 saturated carbocycles. The number of benzene rings is 1. The number of anilines is 1. The number of amides is 1. The van der Waals surface area contributed by atoms with Gasteiger partial charge in [-0.05, 0) is 44.2 Å². The van der Waals surface area contributed by atoms with E-state index in [0.29, 0.717) is 23.6 Å². The van der Waals surface area contributed by atoms with Crippen molar-refractivity contribution in [3.63, 3.8) is 0 Å². The monoisotopic (exact) mass is 490 g/mol. The molecule has 0 fully saturated rings. The first-order valence-corrected chi connectivity index (χ1v) is 11.3. The van der Waals surface area contributed by atoms with Crippen LogP contribution < -0.4 is 14.8 Å². The molecular weight excluding hydrogens is 460 g/mol. The number of hydrogen-bond acceptors (Lipinski definition) is 9. The number of thiophene rings is 1. The van der Waals surface area contributed by atoms with Crippen LogP contribution in [0.15, 0.2) is 30.9 Å². The zero-order valence-electron chi connectivity index (χ0n) is 20.1. The van der Waals surface area contributed by atoms with E-state index in [0.717, 1.165) is 16.9 Å². The van der Waals surface area contributed by atoms with Crippen LogP contribution >= 0.6 is 11.3 Å². The van der Waals surface area contributed by atoms with Gasteiger partial charge in [0.15, 0.2) is 11.5 Å². The fourth-order valence-corrected chi connectivity index (χ4v) is 4.31. The van der Waals surface area contributed by atoms with Crippen LogP contribution in [0.3, 0.4) is 0 Å². The zero-order chi connectivity index (χ0) is 25.3. The highest BCUT2D eigenvalue weighted by Gasteiger charge is 2.27. The highest BCUT2D eigenvalue weighted by molar-refractivity contribution is 7.18. The van der Waals surface area contributed by atoms with E-state index >= 15 is 0 Å². The van der Waals surface area contributed by atoms with Crippen LogP contribution in [0.5, 0.6) is 11.5 Å². The average Bonchev–Trinajstić information content (AvgIpc) is 3.12. The molecule has 0 aliphatic rings. The molecule has 2 aromatic rings. The molecule has 1 heterocycles. The molecule has 0 atom stereocenters. The van der Waals surface area contributed by atoms with E-state index in [1.165, 1.54) is 6.08 Å². The van der Waals surface area contributed by atoms with Crippen molar-refractivity contribution in [2.45, 2.75) is 20.4 Å². The molecule has 34 heavy (non-hydrogen) atoms. The molecule has 184 valence electrons. The van der Waals surface area contributed by atoms with E-state index in [2.05, 4.69) is 11.9 Å². The van der Waals surface area contributed by atoms with Crippen molar-refractivity contribution in [3.8, 4) is 11.5 Å². The van der Waals surface area contributed by atoms with Crippen LogP contribution in [-0.2, 0) is 20.8 Å². The van der Waals surface area contributed by atoms with Crippen molar-refractivity contribution in [2.75, 3.05) is 46.3 Å². The molecule has 0 radical (unpaired) electrons. The molecule has 0 spiro atoms. The van der Waals surface area contributed by atoms with Crippen molar-refractivity contribution >= 4 is 34.2 Å². The van der Waals surface area contributed by atoms with E-state index < -0.39 is 11.9 Å². The Bertz CT molecular complexity index is 1050. The molecule has 2 rings (SSSR count). The summed E-state index contributed by atoms with van der Waals surface area (Å²) in [5.41, 5.74) is 1.47. The third kappa shape index (κ3) is 6.82. The highest BCUT2D eigenvalue weighted by atomic mass is 32.1. The number of ether oxygens (including phenoxy) is 4. The second-order valence-corrected chi connectivity index (χ2v) is 8.30. The van der Waals surface area contributed by atoms with Gasteiger partial charge in [0.05, 0.1) is 32.9 Å². The SMILES string of the molecule is C=CCOC(=O)c1sc(NC(=O)CN(C)Cc2ccc(OC)c(OC)c2)c(C(=O)OCC)c1C. The van der Waals surface area contributed by atoms with E-state index in [-0.39, 0.29) is 41.1 Å². The zero-order valence-corrected chi connectivity index (χ0v) is 20.9. The van der Waals surface area contributed by atoms with Gasteiger partial charge in [0.1, 0.15) is 16.5 Å². The van der Waals surface area contributed by atoms with Gasteiger partial charge in [0, 0.05) is 6.54 Å². The van der Waals surface area contributed by atoms with Crippen LogP contribution in [0, 0.1) is 6.92 Å². The normalized spacial score (nSPS) is 10.5. The van der Waals surface area contributed by atoms with Crippen LogP contribution in [0.1, 0.15) is 38.1 Å². The predicted octanol–water partition coefficient (Wildman–Crippen LogP) is 3.66. The first-order valence-electron chi connectivity index (χ1n) is 10.5. The van der Waals surface area contributed by atoms with Gasteiger partial charge >= 0.3 is 11.9 Å². The Kier molecular flexibility index (Phi) is 10.1. The van der Waals surface area contributed by atoms with Gasteiger partial charge < -0.3 is 24.3 Å². The minimum Gasteiger partial charge on any atom is -0.493 e. The quantitative estimate of drug-likeness (QED) is 0.355. The minimum atomic E-state index is -0.618. The summed E-state index contributed by atoms with van der Waals surface area (Å²) in [4.78, 5) is 39.7. The molecule has 1 amide bonds. The summed E-state index contributed by atoms with van der Waals surface area (Å²) < 4.78 is 20.8. The first kappa shape index (κ1) is 26.9. The lowest BCUT2D eigenvalue weighted by Crippen LogP contribution is -2.30. The number of carbonyl (C=O) groups excluding carboxylic acids is 3. The lowest BCUT2D eigenvalue weighted by molar-refractivity contribution is -0.117. The average molecular weight is 491 g/mol. The topological polar surface area (TPSA) is 103 Å². The number of hydrogen-bond donors (Lipinski definition) is 1. The van der Waals surface area contributed by atoms with E-state index in [4.69, 9.17) is 18.9 Å². The van der Waals surface area contributed by atoms with Crippen molar-refractivity contribution in [1.29, 1.82) is 0 Å². The van der Waals surface area contributed by atoms with Gasteiger partial charge in [-0.2, -0.15) is 0 Å². The minimum absolute atomic E-state index is 0.0353. The first-order chi connectivity index (χ1) is 16.2. The lowest BCUT2D eigenvalue weighted by Gasteiger charge is -2.17. The van der Waals surface area contributed by atoms with Gasteiger partial charge in [-0.25, -0.2) is 9.59 Å². The fourth-order valence-electron chi connectivity index (χ4n) is 3.20. The van der Waals surface area contributed by atoms with E-state index in [9.17, 15) is 14.4 Å². The second kappa shape index (κ2) is 12.8. The standard InChI is InChI=1S/C24H30N2O7S/c1-7-11-33-24(29)21-15(3)20(23(28)32-8-2)22(34-21)25-19(27)14-26(4)13-16-9-10-17(30-5)18(12-16)31-6/h7,9-10,12H,1,8,11,13-14H2,2-6H3,(H,25,27). The fraction of sp³-hybridized carbons (Fsp3) is 0.375. The molecule has 0 bridgehead atoms. The third-order valence-corrected chi connectivity index (χ3v) is 5.90. The number of methoxy groups -OCH3 is 2. The second-order valence-electron chi connectivity index (χ2n) is 7.28. The summed E-state index contributed by atoms with van der Waals surface area (Å²) in [5, 5.41) is 2.99. The maximum atomic E-state index is 12.8. The van der Waals surface area contributed by atoms with E-state index in [1.807, 2.05) is 12.1 Å². The number of nitrogens with zero attached hydrogens (tertiary/aromatic N) is 1. The summed E-state index contributed by atoms with van der Waals surface area (Å²) >= 11 is 0.977. The molecule has 9 nitrogen and oxygen atoms in total. The Morgan fingerprint density at radius 3 is 2.44 bits per heavy atom. The molecule has 0 aliphatic carbocycles. The van der Waals surface area contributed by atoms with E-state index in [1.54, 1.807) is 46.1 Å². The summed E-state index contributed by atoms with van der Waals surface area (Å²) in [6, 6.07) is 5.53. The molecule has 1 N–H and O–H groups in total. The van der Waals surface area contributed by atoms with Crippen LogP contribution in [-0.4, -0.2) is 63.8 Å². The van der Waals surface area contributed by atoms with Crippen molar-refractivity contribution in [2.24, 2.45) is 0 Å².